The van der Waals surface area contributed by atoms with Gasteiger partial charge in [-0.3, -0.25) is 4.40 Å². The largest absolute Gasteiger partial charge is 0.269 e. The zero-order chi connectivity index (χ0) is 9.54. The second-order valence-electron chi connectivity index (χ2n) is 2.95. The molecule has 0 saturated carbocycles. The third-order valence-electron chi connectivity index (χ3n) is 2.14. The Bertz CT molecular complexity index is 598. The Hall–Kier alpha value is -0.940. The molecule has 14 heavy (non-hydrogen) atoms. The topological polar surface area (TPSA) is 30.2 Å². The molecule has 0 saturated heterocycles. The van der Waals surface area contributed by atoms with Crippen LogP contribution in [-0.2, 0) is 5.33 Å². The maximum Gasteiger partial charge on any atom is 0.214 e. The summed E-state index contributed by atoms with van der Waals surface area (Å²) in [6.07, 6.45) is 0. The summed E-state index contributed by atoms with van der Waals surface area (Å²) in [6.45, 7) is 0. The third kappa shape index (κ3) is 1.02. The van der Waals surface area contributed by atoms with E-state index in [1.54, 1.807) is 0 Å². The molecule has 3 rings (SSSR count). The van der Waals surface area contributed by atoms with E-state index >= 15 is 0 Å². The van der Waals surface area contributed by atoms with E-state index in [-0.39, 0.29) is 0 Å². The van der Waals surface area contributed by atoms with Gasteiger partial charge >= 0.3 is 0 Å². The molecule has 3 aromatic rings. The zero-order valence-electron chi connectivity index (χ0n) is 7.14. The normalized spacial score (nSPS) is 11.5. The number of benzene rings is 1. The van der Waals surface area contributed by atoms with Crippen molar-refractivity contribution in [1.82, 2.24) is 13.8 Å². The summed E-state index contributed by atoms with van der Waals surface area (Å²) in [7, 11) is 0. The van der Waals surface area contributed by atoms with E-state index in [4.69, 9.17) is 0 Å². The van der Waals surface area contributed by atoms with Crippen LogP contribution in [0.4, 0.5) is 0 Å². The first-order valence-corrected chi connectivity index (χ1v) is 6.07. The molecule has 0 atom stereocenters. The number of alkyl halides is 1. The smallest absolute Gasteiger partial charge is 0.214 e. The van der Waals surface area contributed by atoms with Gasteiger partial charge in [-0.25, -0.2) is 4.98 Å². The van der Waals surface area contributed by atoms with Crippen LogP contribution in [0.2, 0.25) is 0 Å². The molecule has 0 aliphatic rings. The zero-order valence-corrected chi connectivity index (χ0v) is 9.55. The molecule has 0 fully saturated rings. The van der Waals surface area contributed by atoms with Gasteiger partial charge in [0.2, 0.25) is 4.96 Å². The molecule has 0 N–H and O–H groups in total. The average Bonchev–Trinajstić information content (AvgIpc) is 2.75. The monoisotopic (exact) mass is 267 g/mol. The first-order chi connectivity index (χ1) is 6.90. The van der Waals surface area contributed by atoms with Gasteiger partial charge < -0.3 is 0 Å². The predicted octanol–water partition coefficient (Wildman–Crippen LogP) is 2.84. The van der Waals surface area contributed by atoms with Crippen molar-refractivity contribution in [2.24, 2.45) is 0 Å². The Labute approximate surface area is 92.7 Å². The van der Waals surface area contributed by atoms with E-state index < -0.39 is 0 Å². The molecule has 2 aromatic heterocycles. The SMILES string of the molecule is BrCc1nsc2nc3ccccc3n12. The summed E-state index contributed by atoms with van der Waals surface area (Å²) >= 11 is 4.86. The highest BCUT2D eigenvalue weighted by atomic mass is 79.9. The number of rotatable bonds is 1. The van der Waals surface area contributed by atoms with E-state index in [0.717, 1.165) is 27.1 Å². The van der Waals surface area contributed by atoms with Gasteiger partial charge in [-0.1, -0.05) is 28.1 Å². The van der Waals surface area contributed by atoms with Crippen LogP contribution in [0.25, 0.3) is 16.0 Å². The van der Waals surface area contributed by atoms with Crippen molar-refractivity contribution in [3.05, 3.63) is 30.1 Å². The lowest BCUT2D eigenvalue weighted by Gasteiger charge is -1.92. The number of nitrogens with zero attached hydrogens (tertiary/aromatic N) is 3. The van der Waals surface area contributed by atoms with E-state index in [2.05, 4.69) is 35.8 Å². The van der Waals surface area contributed by atoms with Crippen LogP contribution < -0.4 is 0 Å². The van der Waals surface area contributed by atoms with Crippen LogP contribution in [-0.4, -0.2) is 13.8 Å². The highest BCUT2D eigenvalue weighted by molar-refractivity contribution is 9.08. The van der Waals surface area contributed by atoms with Gasteiger partial charge in [0, 0.05) is 11.5 Å². The first kappa shape index (κ1) is 8.38. The fraction of sp³-hybridized carbons (Fsp3) is 0.111. The molecule has 0 bridgehead atoms. The molecule has 0 spiro atoms. The Morgan fingerprint density at radius 2 is 2.21 bits per heavy atom. The molecular formula is C9H6BrN3S. The van der Waals surface area contributed by atoms with E-state index in [1.807, 2.05) is 18.2 Å². The number of hydrogen-bond acceptors (Lipinski definition) is 3. The minimum atomic E-state index is 0.757. The van der Waals surface area contributed by atoms with Crippen molar-refractivity contribution in [1.29, 1.82) is 0 Å². The fourth-order valence-corrected chi connectivity index (χ4v) is 2.83. The number of aromatic nitrogens is 3. The van der Waals surface area contributed by atoms with Gasteiger partial charge in [-0.2, -0.15) is 4.37 Å². The molecule has 3 nitrogen and oxygen atoms in total. The van der Waals surface area contributed by atoms with Gasteiger partial charge in [-0.05, 0) is 12.1 Å². The summed E-state index contributed by atoms with van der Waals surface area (Å²) in [6, 6.07) is 8.11. The Balaban J connectivity index is 2.54. The summed E-state index contributed by atoms with van der Waals surface area (Å²) in [5.74, 6) is 1.01. The van der Waals surface area contributed by atoms with Crippen molar-refractivity contribution in [2.75, 3.05) is 0 Å². The Morgan fingerprint density at radius 3 is 3.07 bits per heavy atom. The van der Waals surface area contributed by atoms with E-state index in [9.17, 15) is 0 Å². The van der Waals surface area contributed by atoms with Crippen LogP contribution in [0.15, 0.2) is 24.3 Å². The fourth-order valence-electron chi connectivity index (χ4n) is 1.53. The summed E-state index contributed by atoms with van der Waals surface area (Å²) < 4.78 is 6.41. The average molecular weight is 268 g/mol. The van der Waals surface area contributed by atoms with Crippen LogP contribution in [0.3, 0.4) is 0 Å². The first-order valence-electron chi connectivity index (χ1n) is 4.18. The number of hydrogen-bond donors (Lipinski definition) is 0. The number of para-hydroxylation sites is 2. The van der Waals surface area contributed by atoms with Crippen molar-refractivity contribution in [3.8, 4) is 0 Å². The van der Waals surface area contributed by atoms with Gasteiger partial charge in [0.25, 0.3) is 0 Å². The molecule has 2 heterocycles. The van der Waals surface area contributed by atoms with Crippen molar-refractivity contribution in [2.45, 2.75) is 5.33 Å². The summed E-state index contributed by atoms with van der Waals surface area (Å²) in [5.41, 5.74) is 2.16. The third-order valence-corrected chi connectivity index (χ3v) is 3.38. The lowest BCUT2D eigenvalue weighted by molar-refractivity contribution is 1.08. The molecule has 0 radical (unpaired) electrons. The lowest BCUT2D eigenvalue weighted by Crippen LogP contribution is -1.88. The minimum Gasteiger partial charge on any atom is -0.269 e. The minimum absolute atomic E-state index is 0.757. The van der Waals surface area contributed by atoms with E-state index in [0.29, 0.717) is 0 Å². The quantitative estimate of drug-likeness (QED) is 0.635. The van der Waals surface area contributed by atoms with Crippen LogP contribution >= 0.6 is 27.5 Å². The van der Waals surface area contributed by atoms with Crippen molar-refractivity contribution in [3.63, 3.8) is 0 Å². The van der Waals surface area contributed by atoms with Crippen LogP contribution in [0, 0.1) is 0 Å². The Morgan fingerprint density at radius 1 is 1.36 bits per heavy atom. The second-order valence-corrected chi connectivity index (χ2v) is 4.24. The maximum atomic E-state index is 4.48. The molecule has 70 valence electrons. The Kier molecular flexibility index (Phi) is 1.81. The summed E-state index contributed by atoms with van der Waals surface area (Å²) in [4.78, 5) is 5.44. The molecular weight excluding hydrogens is 262 g/mol. The molecule has 0 unspecified atom stereocenters. The summed E-state index contributed by atoms with van der Waals surface area (Å²) in [5, 5.41) is 0.757. The molecule has 5 heteroatoms. The number of fused-ring (bicyclic) bond motifs is 3. The molecule has 0 aliphatic carbocycles. The number of halogens is 1. The molecule has 0 amide bonds. The highest BCUT2D eigenvalue weighted by Crippen LogP contribution is 2.21. The lowest BCUT2D eigenvalue weighted by atomic mass is 10.3. The highest BCUT2D eigenvalue weighted by Gasteiger charge is 2.09. The molecule has 0 aliphatic heterocycles. The van der Waals surface area contributed by atoms with Gasteiger partial charge in [-0.15, -0.1) is 0 Å². The predicted molar refractivity (Wildman–Crippen MR) is 61.0 cm³/mol. The molecule has 1 aromatic carbocycles. The van der Waals surface area contributed by atoms with E-state index in [1.165, 1.54) is 11.5 Å². The maximum absolute atomic E-state index is 4.48. The van der Waals surface area contributed by atoms with Gasteiger partial charge in [0.15, 0.2) is 0 Å². The van der Waals surface area contributed by atoms with Gasteiger partial charge in [0.05, 0.1) is 16.4 Å². The van der Waals surface area contributed by atoms with Gasteiger partial charge in [0.1, 0.15) is 5.82 Å². The number of imidazole rings is 1. The van der Waals surface area contributed by atoms with Crippen molar-refractivity contribution >= 4 is 43.5 Å². The second kappa shape index (κ2) is 3.03. The van der Waals surface area contributed by atoms with Crippen molar-refractivity contribution < 1.29 is 0 Å². The van der Waals surface area contributed by atoms with Crippen LogP contribution in [0.1, 0.15) is 5.82 Å². The van der Waals surface area contributed by atoms with Crippen LogP contribution in [0.5, 0.6) is 0 Å². The standard InChI is InChI=1S/C9H6BrN3S/c10-5-8-12-14-9-11-6-3-1-2-4-7(6)13(8)9/h1-4H,5H2.